The first-order valence-electron chi connectivity index (χ1n) is 5.01. The van der Waals surface area contributed by atoms with Gasteiger partial charge in [0.15, 0.2) is 11.6 Å². The maximum absolute atomic E-state index is 9.19. The third-order valence-electron chi connectivity index (χ3n) is 1.86. The summed E-state index contributed by atoms with van der Waals surface area (Å²) in [6.07, 6.45) is 3.46. The molecule has 0 spiro atoms. The number of hydrogen-bond donors (Lipinski definition) is 2. The Morgan fingerprint density at radius 1 is 1.47 bits per heavy atom. The van der Waals surface area contributed by atoms with E-state index in [0.717, 1.165) is 13.0 Å². The van der Waals surface area contributed by atoms with Gasteiger partial charge in [-0.1, -0.05) is 0 Å². The maximum atomic E-state index is 9.19. The van der Waals surface area contributed by atoms with E-state index in [0.29, 0.717) is 18.2 Å². The van der Waals surface area contributed by atoms with Crippen LogP contribution in [0.15, 0.2) is 12.4 Å². The summed E-state index contributed by atoms with van der Waals surface area (Å²) in [5, 5.41) is 12.2. The van der Waals surface area contributed by atoms with E-state index in [1.54, 1.807) is 19.3 Å². The Hall–Kier alpha value is -1.20. The first kappa shape index (κ1) is 11.9. The standard InChI is InChI=1S/C10H17N3O2/c1-8(14)10-12-6-9(7-13-10)15-5-3-4-11-2/h6-8,11,14H,3-5H2,1-2H3. The van der Waals surface area contributed by atoms with Crippen molar-refractivity contribution in [2.24, 2.45) is 0 Å². The van der Waals surface area contributed by atoms with Crippen LogP contribution >= 0.6 is 0 Å². The number of ether oxygens (including phenoxy) is 1. The number of nitrogens with zero attached hydrogens (tertiary/aromatic N) is 2. The summed E-state index contributed by atoms with van der Waals surface area (Å²) < 4.78 is 5.40. The van der Waals surface area contributed by atoms with Gasteiger partial charge in [-0.2, -0.15) is 0 Å². The summed E-state index contributed by atoms with van der Waals surface area (Å²) in [6, 6.07) is 0. The van der Waals surface area contributed by atoms with E-state index in [-0.39, 0.29) is 0 Å². The number of hydrogen-bond acceptors (Lipinski definition) is 5. The van der Waals surface area contributed by atoms with Gasteiger partial charge in [-0.15, -0.1) is 0 Å². The fraction of sp³-hybridized carbons (Fsp3) is 0.600. The second-order valence-electron chi connectivity index (χ2n) is 3.26. The van der Waals surface area contributed by atoms with Crippen LogP contribution in [0.3, 0.4) is 0 Å². The van der Waals surface area contributed by atoms with Gasteiger partial charge in [0.05, 0.1) is 19.0 Å². The van der Waals surface area contributed by atoms with Gasteiger partial charge >= 0.3 is 0 Å². The van der Waals surface area contributed by atoms with Crippen LogP contribution in [0.25, 0.3) is 0 Å². The van der Waals surface area contributed by atoms with Crippen molar-refractivity contribution in [2.75, 3.05) is 20.2 Å². The highest BCUT2D eigenvalue weighted by Gasteiger charge is 2.03. The van der Waals surface area contributed by atoms with Gasteiger partial charge in [-0.25, -0.2) is 9.97 Å². The Morgan fingerprint density at radius 3 is 2.67 bits per heavy atom. The predicted molar refractivity (Wildman–Crippen MR) is 56.7 cm³/mol. The molecular weight excluding hydrogens is 194 g/mol. The van der Waals surface area contributed by atoms with E-state index in [2.05, 4.69) is 15.3 Å². The van der Waals surface area contributed by atoms with Gasteiger partial charge in [0, 0.05) is 0 Å². The number of rotatable bonds is 6. The lowest BCUT2D eigenvalue weighted by atomic mass is 10.4. The topological polar surface area (TPSA) is 67.3 Å². The Labute approximate surface area is 89.5 Å². The highest BCUT2D eigenvalue weighted by Crippen LogP contribution is 2.10. The Morgan fingerprint density at radius 2 is 2.13 bits per heavy atom. The number of aliphatic hydroxyl groups is 1. The lowest BCUT2D eigenvalue weighted by Crippen LogP contribution is -2.11. The normalized spacial score (nSPS) is 12.5. The van der Waals surface area contributed by atoms with Crippen LogP contribution in [0.2, 0.25) is 0 Å². The van der Waals surface area contributed by atoms with Gasteiger partial charge < -0.3 is 15.2 Å². The van der Waals surface area contributed by atoms with Crippen molar-refractivity contribution in [3.05, 3.63) is 18.2 Å². The third kappa shape index (κ3) is 4.22. The molecule has 5 heteroatoms. The molecule has 15 heavy (non-hydrogen) atoms. The molecule has 0 saturated carbocycles. The van der Waals surface area contributed by atoms with Gasteiger partial charge in [0.25, 0.3) is 0 Å². The SMILES string of the molecule is CNCCCOc1cnc(C(C)O)nc1. The van der Waals surface area contributed by atoms with Crippen molar-refractivity contribution in [2.45, 2.75) is 19.4 Å². The maximum Gasteiger partial charge on any atom is 0.156 e. The predicted octanol–water partition coefficient (Wildman–Crippen LogP) is 0.518. The van der Waals surface area contributed by atoms with Gasteiger partial charge in [0.1, 0.15) is 6.10 Å². The fourth-order valence-corrected chi connectivity index (χ4v) is 1.06. The molecular formula is C10H17N3O2. The van der Waals surface area contributed by atoms with Gasteiger partial charge in [-0.3, -0.25) is 0 Å². The average Bonchev–Trinajstić information content (AvgIpc) is 2.25. The van der Waals surface area contributed by atoms with E-state index in [4.69, 9.17) is 4.74 Å². The Balaban J connectivity index is 2.36. The summed E-state index contributed by atoms with van der Waals surface area (Å²) in [6.45, 7) is 3.19. The lowest BCUT2D eigenvalue weighted by molar-refractivity contribution is 0.188. The number of aromatic nitrogens is 2. The zero-order chi connectivity index (χ0) is 11.1. The highest BCUT2D eigenvalue weighted by molar-refractivity contribution is 5.12. The Kier molecular flexibility index (Phi) is 5.00. The molecule has 1 heterocycles. The zero-order valence-corrected chi connectivity index (χ0v) is 9.10. The van der Waals surface area contributed by atoms with Crippen LogP contribution in [0, 0.1) is 0 Å². The molecule has 0 aliphatic carbocycles. The summed E-state index contributed by atoms with van der Waals surface area (Å²) in [5.74, 6) is 1.05. The van der Waals surface area contributed by atoms with Gasteiger partial charge in [-0.05, 0) is 26.9 Å². The van der Waals surface area contributed by atoms with Crippen LogP contribution < -0.4 is 10.1 Å². The molecule has 0 aliphatic rings. The van der Waals surface area contributed by atoms with Gasteiger partial charge in [0.2, 0.25) is 0 Å². The molecule has 1 rings (SSSR count). The van der Waals surface area contributed by atoms with Crippen molar-refractivity contribution in [1.82, 2.24) is 15.3 Å². The molecule has 1 aromatic rings. The molecule has 1 unspecified atom stereocenters. The van der Waals surface area contributed by atoms with E-state index >= 15 is 0 Å². The summed E-state index contributed by atoms with van der Waals surface area (Å²) in [4.78, 5) is 7.95. The van der Waals surface area contributed by atoms with Crippen molar-refractivity contribution in [1.29, 1.82) is 0 Å². The monoisotopic (exact) mass is 211 g/mol. The molecule has 1 atom stereocenters. The number of nitrogens with one attached hydrogen (secondary N) is 1. The van der Waals surface area contributed by atoms with Crippen molar-refractivity contribution >= 4 is 0 Å². The largest absolute Gasteiger partial charge is 0.490 e. The van der Waals surface area contributed by atoms with Crippen LogP contribution in [0.5, 0.6) is 5.75 Å². The molecule has 0 bridgehead atoms. The second-order valence-corrected chi connectivity index (χ2v) is 3.26. The molecule has 2 N–H and O–H groups in total. The molecule has 0 radical (unpaired) electrons. The quantitative estimate of drug-likeness (QED) is 0.671. The molecule has 84 valence electrons. The van der Waals surface area contributed by atoms with E-state index in [1.807, 2.05) is 7.05 Å². The zero-order valence-electron chi connectivity index (χ0n) is 9.10. The molecule has 0 saturated heterocycles. The van der Waals surface area contributed by atoms with E-state index in [9.17, 15) is 5.11 Å². The molecule has 0 fully saturated rings. The first-order valence-corrected chi connectivity index (χ1v) is 5.01. The molecule has 1 aromatic heterocycles. The summed E-state index contributed by atoms with van der Waals surface area (Å²) in [7, 11) is 1.90. The fourth-order valence-electron chi connectivity index (χ4n) is 1.06. The number of aliphatic hydroxyl groups excluding tert-OH is 1. The molecule has 0 amide bonds. The van der Waals surface area contributed by atoms with Crippen molar-refractivity contribution in [3.63, 3.8) is 0 Å². The minimum absolute atomic E-state index is 0.414. The first-order chi connectivity index (χ1) is 7.24. The molecule has 0 aliphatic heterocycles. The minimum Gasteiger partial charge on any atom is -0.490 e. The van der Waals surface area contributed by atoms with Crippen LogP contribution in [-0.4, -0.2) is 35.3 Å². The smallest absolute Gasteiger partial charge is 0.156 e. The van der Waals surface area contributed by atoms with E-state index < -0.39 is 6.10 Å². The average molecular weight is 211 g/mol. The molecule has 5 nitrogen and oxygen atoms in total. The second kappa shape index (κ2) is 6.31. The minimum atomic E-state index is -0.636. The molecule has 0 aromatic carbocycles. The Bertz CT molecular complexity index is 275. The van der Waals surface area contributed by atoms with Crippen molar-refractivity contribution in [3.8, 4) is 5.75 Å². The lowest BCUT2D eigenvalue weighted by Gasteiger charge is -2.06. The van der Waals surface area contributed by atoms with Crippen LogP contribution in [0.1, 0.15) is 25.3 Å². The summed E-state index contributed by atoms with van der Waals surface area (Å²) >= 11 is 0. The van der Waals surface area contributed by atoms with Crippen LogP contribution in [0.4, 0.5) is 0 Å². The van der Waals surface area contributed by atoms with E-state index in [1.165, 1.54) is 0 Å². The van der Waals surface area contributed by atoms with Crippen LogP contribution in [-0.2, 0) is 0 Å². The van der Waals surface area contributed by atoms with Crippen molar-refractivity contribution < 1.29 is 9.84 Å². The highest BCUT2D eigenvalue weighted by atomic mass is 16.5. The third-order valence-corrected chi connectivity index (χ3v) is 1.86. The summed E-state index contributed by atoms with van der Waals surface area (Å²) in [5.41, 5.74) is 0.